The topological polar surface area (TPSA) is 82.5 Å². The van der Waals surface area contributed by atoms with Gasteiger partial charge in [0.25, 0.3) is 0 Å². The van der Waals surface area contributed by atoms with Crippen LogP contribution in [0, 0.1) is 0 Å². The summed E-state index contributed by atoms with van der Waals surface area (Å²) in [6.07, 6.45) is 0.727. The Morgan fingerprint density at radius 2 is 1.68 bits per heavy atom. The van der Waals surface area contributed by atoms with Gasteiger partial charge >= 0.3 is 0 Å². The van der Waals surface area contributed by atoms with E-state index in [1.54, 1.807) is 23.1 Å². The minimum atomic E-state index is 0.545. The molecule has 0 aliphatic rings. The molecular formula is C21H18N6OS3. The standard InChI is InChI=1S/C21H18N6OS3/c1-2-18-24-25-19(28-18)13-29-20-26-23-17(27(20)14-8-4-3-5-9-14)12-30-21-22-15-10-6-7-11-16(15)31-21/h3-11H,2,12-13H2,1H3. The first-order chi connectivity index (χ1) is 15.3. The van der Waals surface area contributed by atoms with Gasteiger partial charge in [0.05, 0.1) is 21.7 Å². The number of aryl methyl sites for hydroxylation is 1. The number of hydrogen-bond donors (Lipinski definition) is 0. The van der Waals surface area contributed by atoms with E-state index in [4.69, 9.17) is 9.40 Å². The van der Waals surface area contributed by atoms with Crippen molar-refractivity contribution < 1.29 is 4.42 Å². The summed E-state index contributed by atoms with van der Waals surface area (Å²) < 4.78 is 9.93. The molecule has 0 aliphatic heterocycles. The van der Waals surface area contributed by atoms with Crippen molar-refractivity contribution in [2.24, 2.45) is 0 Å². The molecule has 156 valence electrons. The van der Waals surface area contributed by atoms with Gasteiger partial charge in [-0.1, -0.05) is 60.8 Å². The quantitative estimate of drug-likeness (QED) is 0.281. The lowest BCUT2D eigenvalue weighted by Gasteiger charge is -2.09. The Kier molecular flexibility index (Phi) is 6.01. The normalized spacial score (nSPS) is 11.4. The third-order valence-electron chi connectivity index (χ3n) is 4.45. The van der Waals surface area contributed by atoms with Crippen LogP contribution in [0.2, 0.25) is 0 Å². The van der Waals surface area contributed by atoms with E-state index in [9.17, 15) is 0 Å². The highest BCUT2D eigenvalue weighted by Crippen LogP contribution is 2.33. The zero-order chi connectivity index (χ0) is 21.0. The van der Waals surface area contributed by atoms with E-state index in [1.807, 2.05) is 43.3 Å². The summed E-state index contributed by atoms with van der Waals surface area (Å²) >= 11 is 4.91. The predicted molar refractivity (Wildman–Crippen MR) is 124 cm³/mol. The molecular weight excluding hydrogens is 448 g/mol. The van der Waals surface area contributed by atoms with Gasteiger partial charge in [-0.3, -0.25) is 4.57 Å². The second-order valence-corrected chi connectivity index (χ2v) is 9.73. The van der Waals surface area contributed by atoms with Gasteiger partial charge in [0.15, 0.2) is 9.50 Å². The highest BCUT2D eigenvalue weighted by molar-refractivity contribution is 8.00. The number of rotatable bonds is 8. The average Bonchev–Trinajstić information content (AvgIpc) is 3.54. The van der Waals surface area contributed by atoms with Gasteiger partial charge in [0, 0.05) is 12.1 Å². The molecule has 0 spiro atoms. The van der Waals surface area contributed by atoms with Gasteiger partial charge in [-0.2, -0.15) is 0 Å². The number of aromatic nitrogens is 6. The maximum absolute atomic E-state index is 5.63. The average molecular weight is 467 g/mol. The van der Waals surface area contributed by atoms with Crippen LogP contribution >= 0.6 is 34.9 Å². The fourth-order valence-corrected chi connectivity index (χ4v) is 5.77. The SMILES string of the molecule is CCc1nnc(CSc2nnc(CSc3nc4ccccc4s3)n2-c2ccccc2)o1. The molecule has 3 heterocycles. The van der Waals surface area contributed by atoms with Crippen molar-refractivity contribution in [1.82, 2.24) is 29.9 Å². The van der Waals surface area contributed by atoms with E-state index >= 15 is 0 Å². The van der Waals surface area contributed by atoms with E-state index < -0.39 is 0 Å². The Morgan fingerprint density at radius 1 is 0.871 bits per heavy atom. The van der Waals surface area contributed by atoms with Gasteiger partial charge in [-0.05, 0) is 24.3 Å². The minimum absolute atomic E-state index is 0.545. The van der Waals surface area contributed by atoms with Crippen LogP contribution in [0.25, 0.3) is 15.9 Å². The van der Waals surface area contributed by atoms with Crippen LogP contribution in [0.4, 0.5) is 0 Å². The number of thiazole rings is 1. The second-order valence-electron chi connectivity index (χ2n) is 6.54. The maximum atomic E-state index is 5.63. The van der Waals surface area contributed by atoms with Crippen molar-refractivity contribution >= 4 is 45.1 Å². The zero-order valence-electron chi connectivity index (χ0n) is 16.6. The van der Waals surface area contributed by atoms with Crippen molar-refractivity contribution in [3.8, 4) is 5.69 Å². The summed E-state index contributed by atoms with van der Waals surface area (Å²) in [7, 11) is 0. The Bertz CT molecular complexity index is 1260. The molecule has 3 aromatic heterocycles. The molecule has 0 amide bonds. The summed E-state index contributed by atoms with van der Waals surface area (Å²) in [5, 5.41) is 17.8. The van der Waals surface area contributed by atoms with E-state index in [0.717, 1.165) is 32.9 Å². The van der Waals surface area contributed by atoms with E-state index in [1.165, 1.54) is 16.5 Å². The predicted octanol–water partition coefficient (Wildman–Crippen LogP) is 5.41. The lowest BCUT2D eigenvalue weighted by Crippen LogP contribution is -2.01. The fourth-order valence-electron chi connectivity index (χ4n) is 2.98. The highest BCUT2D eigenvalue weighted by atomic mass is 32.2. The molecule has 0 bridgehead atoms. The highest BCUT2D eigenvalue weighted by Gasteiger charge is 2.17. The summed E-state index contributed by atoms with van der Waals surface area (Å²) in [4.78, 5) is 4.71. The molecule has 0 fully saturated rings. The van der Waals surface area contributed by atoms with Gasteiger partial charge < -0.3 is 4.42 Å². The second kappa shape index (κ2) is 9.21. The van der Waals surface area contributed by atoms with Gasteiger partial charge in [-0.25, -0.2) is 4.98 Å². The molecule has 0 saturated carbocycles. The molecule has 0 unspecified atom stereocenters. The van der Waals surface area contributed by atoms with Crippen LogP contribution in [0.1, 0.15) is 24.5 Å². The van der Waals surface area contributed by atoms with Crippen molar-refractivity contribution in [3.63, 3.8) is 0 Å². The number of benzene rings is 2. The van der Waals surface area contributed by atoms with Crippen molar-refractivity contribution in [3.05, 3.63) is 72.2 Å². The number of hydrogen-bond acceptors (Lipinski definition) is 9. The molecule has 0 saturated heterocycles. The largest absolute Gasteiger partial charge is 0.424 e. The first kappa shape index (κ1) is 20.2. The molecule has 0 atom stereocenters. The Balaban J connectivity index is 1.38. The lowest BCUT2D eigenvalue weighted by atomic mass is 10.3. The first-order valence-corrected chi connectivity index (χ1v) is 12.5. The van der Waals surface area contributed by atoms with Gasteiger partial charge in [0.2, 0.25) is 11.8 Å². The number of para-hydroxylation sites is 2. The molecule has 0 N–H and O–H groups in total. The van der Waals surface area contributed by atoms with E-state index in [0.29, 0.717) is 23.3 Å². The minimum Gasteiger partial charge on any atom is -0.424 e. The Morgan fingerprint density at radius 3 is 2.48 bits per heavy atom. The van der Waals surface area contributed by atoms with Crippen LogP contribution in [0.15, 0.2) is 68.5 Å². The number of thioether (sulfide) groups is 2. The summed E-state index contributed by atoms with van der Waals surface area (Å²) in [6.45, 7) is 1.99. The molecule has 0 radical (unpaired) electrons. The summed E-state index contributed by atoms with van der Waals surface area (Å²) in [5.74, 6) is 3.33. The smallest absolute Gasteiger partial charge is 0.226 e. The van der Waals surface area contributed by atoms with Gasteiger partial charge in [0.1, 0.15) is 5.82 Å². The molecule has 7 nitrogen and oxygen atoms in total. The van der Waals surface area contributed by atoms with Crippen LogP contribution < -0.4 is 0 Å². The molecule has 2 aromatic carbocycles. The van der Waals surface area contributed by atoms with Crippen LogP contribution in [0.5, 0.6) is 0 Å². The summed E-state index contributed by atoms with van der Waals surface area (Å²) in [5.41, 5.74) is 2.05. The molecule has 5 aromatic rings. The molecule has 0 aliphatic carbocycles. The van der Waals surface area contributed by atoms with Crippen LogP contribution in [-0.2, 0) is 17.9 Å². The zero-order valence-corrected chi connectivity index (χ0v) is 19.1. The molecule has 10 heteroatoms. The number of fused-ring (bicyclic) bond motifs is 1. The van der Waals surface area contributed by atoms with Crippen molar-refractivity contribution in [2.75, 3.05) is 0 Å². The van der Waals surface area contributed by atoms with E-state index in [2.05, 4.69) is 43.2 Å². The van der Waals surface area contributed by atoms with Crippen LogP contribution in [0.3, 0.4) is 0 Å². The third kappa shape index (κ3) is 4.51. The van der Waals surface area contributed by atoms with Crippen LogP contribution in [-0.4, -0.2) is 29.9 Å². The Labute approximate surface area is 191 Å². The fraction of sp³-hybridized carbons (Fsp3) is 0.190. The van der Waals surface area contributed by atoms with Gasteiger partial charge in [-0.15, -0.1) is 31.7 Å². The monoisotopic (exact) mass is 466 g/mol. The summed E-state index contributed by atoms with van der Waals surface area (Å²) in [6, 6.07) is 18.3. The van der Waals surface area contributed by atoms with Crippen molar-refractivity contribution in [1.29, 1.82) is 0 Å². The number of nitrogens with zero attached hydrogens (tertiary/aromatic N) is 6. The third-order valence-corrected chi connectivity index (χ3v) is 7.54. The lowest BCUT2D eigenvalue weighted by molar-refractivity contribution is 0.470. The van der Waals surface area contributed by atoms with Crippen molar-refractivity contribution in [2.45, 2.75) is 34.3 Å². The first-order valence-electron chi connectivity index (χ1n) is 9.72. The van der Waals surface area contributed by atoms with E-state index in [-0.39, 0.29) is 0 Å². The molecule has 31 heavy (non-hydrogen) atoms. The molecule has 5 rings (SSSR count). The Hall–Kier alpha value is -2.69. The maximum Gasteiger partial charge on any atom is 0.226 e.